The van der Waals surface area contributed by atoms with Crippen LogP contribution in [0.1, 0.15) is 0 Å². The van der Waals surface area contributed by atoms with Gasteiger partial charge < -0.3 is 5.73 Å². The Kier molecular flexibility index (Phi) is 2.33. The van der Waals surface area contributed by atoms with Crippen LogP contribution in [-0.4, -0.2) is 11.9 Å². The van der Waals surface area contributed by atoms with Gasteiger partial charge in [0.25, 0.3) is 5.91 Å². The minimum atomic E-state index is -0.866. The van der Waals surface area contributed by atoms with Crippen molar-refractivity contribution in [3.8, 4) is 0 Å². The first kappa shape index (κ1) is 6.68. The van der Waals surface area contributed by atoms with E-state index in [2.05, 4.69) is 12.3 Å². The lowest BCUT2D eigenvalue weighted by atomic mass is 10.6. The molecule has 0 bridgehead atoms. The van der Waals surface area contributed by atoms with Gasteiger partial charge in [-0.3, -0.25) is 10.1 Å². The van der Waals surface area contributed by atoms with E-state index in [-0.39, 0.29) is 0 Å². The zero-order valence-corrected chi connectivity index (χ0v) is 4.18. The summed E-state index contributed by atoms with van der Waals surface area (Å²) < 4.78 is 0. The maximum atomic E-state index is 10.1. The number of urea groups is 1. The standard InChI is InChI=1S/C4H6N2O2/c1-2-3(7)6-4(5)8/h2H,1H2,(H3,5,6,7,8). The number of rotatable bonds is 1. The zero-order chi connectivity index (χ0) is 6.57. The molecule has 0 aromatic carbocycles. The molecule has 44 valence electrons. The highest BCUT2D eigenvalue weighted by Crippen LogP contribution is 1.62. The molecule has 0 aromatic rings. The van der Waals surface area contributed by atoms with Gasteiger partial charge in [-0.25, -0.2) is 4.79 Å². The van der Waals surface area contributed by atoms with Crippen LogP contribution in [-0.2, 0) is 4.79 Å². The summed E-state index contributed by atoms with van der Waals surface area (Å²) in [6.07, 6.45) is 0.963. The third-order valence-electron chi connectivity index (χ3n) is 0.432. The van der Waals surface area contributed by atoms with Crippen molar-refractivity contribution in [1.29, 1.82) is 0 Å². The first-order valence-electron chi connectivity index (χ1n) is 1.89. The first-order valence-corrected chi connectivity index (χ1v) is 1.89. The summed E-state index contributed by atoms with van der Waals surface area (Å²) >= 11 is 0. The lowest BCUT2D eigenvalue weighted by Gasteiger charge is -1.89. The largest absolute Gasteiger partial charge is 0.351 e. The molecule has 0 rings (SSSR count). The topological polar surface area (TPSA) is 72.2 Å². The third-order valence-corrected chi connectivity index (χ3v) is 0.432. The van der Waals surface area contributed by atoms with Gasteiger partial charge in [0.05, 0.1) is 0 Å². The Morgan fingerprint density at radius 3 is 2.25 bits per heavy atom. The van der Waals surface area contributed by atoms with Crippen LogP contribution in [0.3, 0.4) is 0 Å². The molecule has 0 aliphatic rings. The normalized spacial score (nSPS) is 7.50. The van der Waals surface area contributed by atoms with Crippen molar-refractivity contribution < 1.29 is 9.59 Å². The molecule has 4 heteroatoms. The molecule has 8 heavy (non-hydrogen) atoms. The molecular weight excluding hydrogens is 108 g/mol. The average Bonchev–Trinajstić information content (AvgIpc) is 1.65. The molecule has 3 N–H and O–H groups in total. The second kappa shape index (κ2) is 2.79. The van der Waals surface area contributed by atoms with Gasteiger partial charge in [0.2, 0.25) is 0 Å². The predicted octanol–water partition coefficient (Wildman–Crippen LogP) is -0.633. The van der Waals surface area contributed by atoms with E-state index >= 15 is 0 Å². The molecule has 0 heterocycles. The summed E-state index contributed by atoms with van der Waals surface area (Å²) in [5, 5.41) is 1.77. The molecule has 3 amide bonds. The number of amides is 3. The summed E-state index contributed by atoms with van der Waals surface area (Å²) in [4.78, 5) is 19.9. The fourth-order valence-electron chi connectivity index (χ4n) is 0.172. The molecule has 0 unspecified atom stereocenters. The van der Waals surface area contributed by atoms with Crippen molar-refractivity contribution in [3.63, 3.8) is 0 Å². The maximum Gasteiger partial charge on any atom is 0.319 e. The third kappa shape index (κ3) is 2.89. The second-order valence-corrected chi connectivity index (χ2v) is 1.06. The van der Waals surface area contributed by atoms with Crippen LogP contribution in [0.5, 0.6) is 0 Å². The Bertz CT molecular complexity index is 130. The molecule has 0 aliphatic heterocycles. The number of hydrogen-bond acceptors (Lipinski definition) is 2. The fourth-order valence-corrected chi connectivity index (χ4v) is 0.172. The number of hydrogen-bond donors (Lipinski definition) is 2. The van der Waals surface area contributed by atoms with Gasteiger partial charge in [-0.15, -0.1) is 0 Å². The number of primary amides is 1. The maximum absolute atomic E-state index is 10.1. The van der Waals surface area contributed by atoms with E-state index in [0.717, 1.165) is 6.08 Å². The van der Waals surface area contributed by atoms with E-state index in [4.69, 9.17) is 0 Å². The van der Waals surface area contributed by atoms with Gasteiger partial charge in [-0.1, -0.05) is 6.58 Å². The van der Waals surface area contributed by atoms with Gasteiger partial charge in [-0.2, -0.15) is 0 Å². The van der Waals surface area contributed by atoms with E-state index in [0.29, 0.717) is 0 Å². The van der Waals surface area contributed by atoms with E-state index < -0.39 is 11.9 Å². The molecule has 0 radical (unpaired) electrons. The van der Waals surface area contributed by atoms with Crippen LogP contribution < -0.4 is 11.1 Å². The summed E-state index contributed by atoms with van der Waals surface area (Å²) in [6.45, 7) is 3.09. The van der Waals surface area contributed by atoms with Crippen LogP contribution in [0.25, 0.3) is 0 Å². The Balaban J connectivity index is 3.55. The molecular formula is C4H6N2O2. The van der Waals surface area contributed by atoms with Crippen molar-refractivity contribution in [2.45, 2.75) is 0 Å². The lowest BCUT2D eigenvalue weighted by molar-refractivity contribution is -0.115. The minimum absolute atomic E-state index is 0.586. The second-order valence-electron chi connectivity index (χ2n) is 1.06. The lowest BCUT2D eigenvalue weighted by Crippen LogP contribution is -2.33. The van der Waals surface area contributed by atoms with Crippen molar-refractivity contribution in [1.82, 2.24) is 5.32 Å². The van der Waals surface area contributed by atoms with Crippen molar-refractivity contribution in [3.05, 3.63) is 12.7 Å². The van der Waals surface area contributed by atoms with E-state index in [9.17, 15) is 9.59 Å². The molecule has 0 spiro atoms. The monoisotopic (exact) mass is 114 g/mol. The van der Waals surface area contributed by atoms with E-state index in [1.54, 1.807) is 5.32 Å². The van der Waals surface area contributed by atoms with E-state index in [1.807, 2.05) is 0 Å². The molecule has 0 atom stereocenters. The zero-order valence-electron chi connectivity index (χ0n) is 4.18. The Morgan fingerprint density at radius 2 is 2.12 bits per heavy atom. The van der Waals surface area contributed by atoms with Gasteiger partial charge in [0.1, 0.15) is 0 Å². The van der Waals surface area contributed by atoms with Crippen LogP contribution in [0, 0.1) is 0 Å². The first-order chi connectivity index (χ1) is 3.66. The minimum Gasteiger partial charge on any atom is -0.351 e. The highest BCUT2D eigenvalue weighted by Gasteiger charge is 1.94. The summed E-state index contributed by atoms with van der Waals surface area (Å²) in [6, 6.07) is -0.866. The Labute approximate surface area is 46.4 Å². The Hall–Kier alpha value is -1.32. The van der Waals surface area contributed by atoms with Gasteiger partial charge in [0.15, 0.2) is 0 Å². The van der Waals surface area contributed by atoms with Crippen LogP contribution in [0.4, 0.5) is 4.79 Å². The van der Waals surface area contributed by atoms with E-state index in [1.165, 1.54) is 0 Å². The fraction of sp³-hybridized carbons (Fsp3) is 0. The average molecular weight is 114 g/mol. The number of carbonyl (C=O) groups excluding carboxylic acids is 2. The smallest absolute Gasteiger partial charge is 0.319 e. The van der Waals surface area contributed by atoms with Gasteiger partial charge in [0, 0.05) is 0 Å². The molecule has 0 fully saturated rings. The quantitative estimate of drug-likeness (QED) is 0.445. The van der Waals surface area contributed by atoms with Crippen LogP contribution in [0.15, 0.2) is 12.7 Å². The van der Waals surface area contributed by atoms with Gasteiger partial charge >= 0.3 is 6.03 Å². The SMILES string of the molecule is C=CC(=O)NC(N)=O. The van der Waals surface area contributed by atoms with Crippen molar-refractivity contribution in [2.24, 2.45) is 5.73 Å². The summed E-state index contributed by atoms with van der Waals surface area (Å²) in [5.41, 5.74) is 4.55. The molecule has 0 saturated carbocycles. The number of nitrogens with one attached hydrogen (secondary N) is 1. The van der Waals surface area contributed by atoms with Crippen molar-refractivity contribution in [2.75, 3.05) is 0 Å². The molecule has 4 nitrogen and oxygen atoms in total. The highest BCUT2D eigenvalue weighted by molar-refractivity contribution is 5.99. The molecule has 0 saturated heterocycles. The van der Waals surface area contributed by atoms with Crippen LogP contribution >= 0.6 is 0 Å². The molecule has 0 aliphatic carbocycles. The number of carbonyl (C=O) groups is 2. The van der Waals surface area contributed by atoms with Crippen molar-refractivity contribution >= 4 is 11.9 Å². The highest BCUT2D eigenvalue weighted by atomic mass is 16.2. The predicted molar refractivity (Wildman–Crippen MR) is 27.9 cm³/mol. The van der Waals surface area contributed by atoms with Gasteiger partial charge in [-0.05, 0) is 6.08 Å². The number of nitrogens with two attached hydrogens (primary N) is 1. The summed E-state index contributed by atoms with van der Waals surface area (Å²) in [5.74, 6) is -0.586. The Morgan fingerprint density at radius 1 is 1.62 bits per heavy atom. The summed E-state index contributed by atoms with van der Waals surface area (Å²) in [7, 11) is 0. The van der Waals surface area contributed by atoms with Crippen LogP contribution in [0.2, 0.25) is 0 Å². The molecule has 0 aromatic heterocycles. The number of imide groups is 1.